The van der Waals surface area contributed by atoms with E-state index < -0.39 is 12.0 Å². The van der Waals surface area contributed by atoms with Gasteiger partial charge in [-0.3, -0.25) is 4.79 Å². The highest BCUT2D eigenvalue weighted by atomic mass is 16.4. The second kappa shape index (κ2) is 5.38. The van der Waals surface area contributed by atoms with Gasteiger partial charge in [-0.1, -0.05) is 13.8 Å². The molecule has 0 aromatic carbocycles. The summed E-state index contributed by atoms with van der Waals surface area (Å²) in [6.45, 7) is 7.29. The van der Waals surface area contributed by atoms with Crippen molar-refractivity contribution < 1.29 is 14.7 Å². The molecular formula is C12H22N2O3. The van der Waals surface area contributed by atoms with E-state index in [9.17, 15) is 9.59 Å². The second-order valence-electron chi connectivity index (χ2n) is 5.51. The number of hydrogen-bond acceptors (Lipinski definition) is 2. The molecule has 5 nitrogen and oxygen atoms in total. The first-order valence-corrected chi connectivity index (χ1v) is 6.10. The van der Waals surface area contributed by atoms with Gasteiger partial charge in [0.1, 0.15) is 6.04 Å². The molecule has 1 aliphatic rings. The minimum Gasteiger partial charge on any atom is -0.480 e. The maximum absolute atomic E-state index is 11.8. The first kappa shape index (κ1) is 13.8. The molecule has 1 fully saturated rings. The van der Waals surface area contributed by atoms with Crippen LogP contribution in [0.3, 0.4) is 0 Å². The highest BCUT2D eigenvalue weighted by Gasteiger charge is 2.26. The third-order valence-corrected chi connectivity index (χ3v) is 3.34. The van der Waals surface area contributed by atoms with Crippen molar-refractivity contribution in [3.63, 3.8) is 0 Å². The highest BCUT2D eigenvalue weighted by molar-refractivity contribution is 5.82. The minimum atomic E-state index is -1.01. The van der Waals surface area contributed by atoms with Gasteiger partial charge in [0.15, 0.2) is 0 Å². The Balaban J connectivity index is 2.50. The number of urea groups is 1. The molecule has 98 valence electrons. The number of nitrogens with zero attached hydrogens (tertiary/aromatic N) is 1. The molecule has 1 heterocycles. The number of hydrogen-bond donors (Lipinski definition) is 2. The Bertz CT molecular complexity index is 302. The SMILES string of the molecule is C[C@@H](NC(=O)N1CCCC(C)(C)CC1)C(=O)O. The van der Waals surface area contributed by atoms with Crippen LogP contribution in [0, 0.1) is 5.41 Å². The van der Waals surface area contributed by atoms with E-state index in [0.29, 0.717) is 13.1 Å². The van der Waals surface area contributed by atoms with E-state index in [1.807, 2.05) is 0 Å². The minimum absolute atomic E-state index is 0.266. The van der Waals surface area contributed by atoms with Gasteiger partial charge >= 0.3 is 12.0 Å². The Morgan fingerprint density at radius 1 is 1.29 bits per heavy atom. The summed E-state index contributed by atoms with van der Waals surface area (Å²) >= 11 is 0. The van der Waals surface area contributed by atoms with Crippen LogP contribution in [0.5, 0.6) is 0 Å². The molecule has 0 radical (unpaired) electrons. The average Bonchev–Trinajstić information content (AvgIpc) is 2.39. The van der Waals surface area contributed by atoms with Gasteiger partial charge in [0.2, 0.25) is 0 Å². The fourth-order valence-corrected chi connectivity index (χ4v) is 1.96. The zero-order valence-corrected chi connectivity index (χ0v) is 10.8. The Morgan fingerprint density at radius 2 is 1.94 bits per heavy atom. The fraction of sp³-hybridized carbons (Fsp3) is 0.833. The number of amides is 2. The van der Waals surface area contributed by atoms with Crippen LogP contribution < -0.4 is 5.32 Å². The molecule has 0 saturated carbocycles. The van der Waals surface area contributed by atoms with Crippen molar-refractivity contribution >= 4 is 12.0 Å². The number of carboxylic acids is 1. The van der Waals surface area contributed by atoms with E-state index in [1.165, 1.54) is 6.92 Å². The lowest BCUT2D eigenvalue weighted by Crippen LogP contribution is -2.47. The maximum Gasteiger partial charge on any atom is 0.325 e. The number of aliphatic carboxylic acids is 1. The summed E-state index contributed by atoms with van der Waals surface area (Å²) in [4.78, 5) is 24.2. The standard InChI is InChI=1S/C12H22N2O3/c1-9(10(15)16)13-11(17)14-7-4-5-12(2,3)6-8-14/h9H,4-8H2,1-3H3,(H,13,17)(H,15,16)/t9-/m1/s1. The first-order chi connectivity index (χ1) is 7.82. The molecule has 0 aliphatic carbocycles. The molecule has 0 unspecified atom stereocenters. The lowest BCUT2D eigenvalue weighted by molar-refractivity contribution is -0.138. The second-order valence-corrected chi connectivity index (χ2v) is 5.51. The van der Waals surface area contributed by atoms with Gasteiger partial charge in [-0.25, -0.2) is 4.79 Å². The van der Waals surface area contributed by atoms with Gasteiger partial charge in [-0.15, -0.1) is 0 Å². The van der Waals surface area contributed by atoms with Crippen LogP contribution in [0.2, 0.25) is 0 Å². The predicted octanol–water partition coefficient (Wildman–Crippen LogP) is 1.68. The van der Waals surface area contributed by atoms with Crippen LogP contribution in [-0.2, 0) is 4.79 Å². The van der Waals surface area contributed by atoms with Crippen LogP contribution in [0.4, 0.5) is 4.79 Å². The van der Waals surface area contributed by atoms with Gasteiger partial charge < -0.3 is 15.3 Å². The Hall–Kier alpha value is -1.26. The summed E-state index contributed by atoms with van der Waals surface area (Å²) in [5.74, 6) is -1.01. The first-order valence-electron chi connectivity index (χ1n) is 6.10. The quantitative estimate of drug-likeness (QED) is 0.774. The Morgan fingerprint density at radius 3 is 2.53 bits per heavy atom. The number of nitrogens with one attached hydrogen (secondary N) is 1. The van der Waals surface area contributed by atoms with E-state index in [0.717, 1.165) is 19.3 Å². The summed E-state index contributed by atoms with van der Waals surface area (Å²) in [5, 5.41) is 11.2. The molecule has 0 aromatic heterocycles. The summed E-state index contributed by atoms with van der Waals surface area (Å²) in [6.07, 6.45) is 3.04. The predicted molar refractivity (Wildman–Crippen MR) is 64.8 cm³/mol. The van der Waals surface area contributed by atoms with Gasteiger partial charge in [0.25, 0.3) is 0 Å². The third-order valence-electron chi connectivity index (χ3n) is 3.34. The van der Waals surface area contributed by atoms with E-state index in [1.54, 1.807) is 4.90 Å². The van der Waals surface area contributed by atoms with Crippen LogP contribution in [0.25, 0.3) is 0 Å². The molecule has 2 amide bonds. The molecule has 0 bridgehead atoms. The van der Waals surface area contributed by atoms with Crippen molar-refractivity contribution in [3.05, 3.63) is 0 Å². The molecule has 1 atom stereocenters. The van der Waals surface area contributed by atoms with E-state index in [-0.39, 0.29) is 11.4 Å². The Kier molecular flexibility index (Phi) is 4.37. The molecule has 2 N–H and O–H groups in total. The van der Waals surface area contributed by atoms with Crippen molar-refractivity contribution in [2.45, 2.75) is 46.1 Å². The fourth-order valence-electron chi connectivity index (χ4n) is 1.96. The topological polar surface area (TPSA) is 69.6 Å². The van der Waals surface area contributed by atoms with Crippen molar-refractivity contribution in [1.82, 2.24) is 10.2 Å². The lowest BCUT2D eigenvalue weighted by Gasteiger charge is -2.24. The summed E-state index contributed by atoms with van der Waals surface area (Å²) in [6, 6.07) is -1.10. The normalized spacial score (nSPS) is 21.5. The molecule has 0 aromatic rings. The monoisotopic (exact) mass is 242 g/mol. The molecule has 1 rings (SSSR count). The molecule has 1 aliphatic heterocycles. The van der Waals surface area contributed by atoms with Crippen LogP contribution in [0.1, 0.15) is 40.0 Å². The van der Waals surface area contributed by atoms with Crippen molar-refractivity contribution in [3.8, 4) is 0 Å². The number of carbonyl (C=O) groups excluding carboxylic acids is 1. The number of carbonyl (C=O) groups is 2. The molecule has 0 spiro atoms. The molecule has 1 saturated heterocycles. The van der Waals surface area contributed by atoms with Gasteiger partial charge in [-0.2, -0.15) is 0 Å². The zero-order chi connectivity index (χ0) is 13.1. The van der Waals surface area contributed by atoms with E-state index >= 15 is 0 Å². The highest BCUT2D eigenvalue weighted by Crippen LogP contribution is 2.29. The van der Waals surface area contributed by atoms with Crippen LogP contribution in [-0.4, -0.2) is 41.1 Å². The van der Waals surface area contributed by atoms with Crippen molar-refractivity contribution in [1.29, 1.82) is 0 Å². The van der Waals surface area contributed by atoms with Crippen molar-refractivity contribution in [2.75, 3.05) is 13.1 Å². The lowest BCUT2D eigenvalue weighted by atomic mass is 9.85. The summed E-state index contributed by atoms with van der Waals surface area (Å²) < 4.78 is 0. The van der Waals surface area contributed by atoms with Crippen molar-refractivity contribution in [2.24, 2.45) is 5.41 Å². The average molecular weight is 242 g/mol. The zero-order valence-electron chi connectivity index (χ0n) is 10.8. The van der Waals surface area contributed by atoms with Gasteiger partial charge in [0.05, 0.1) is 0 Å². The van der Waals surface area contributed by atoms with Crippen LogP contribution >= 0.6 is 0 Å². The molecule has 5 heteroatoms. The number of rotatable bonds is 2. The van der Waals surface area contributed by atoms with Crippen LogP contribution in [0.15, 0.2) is 0 Å². The Labute approximate surface area is 102 Å². The molecular weight excluding hydrogens is 220 g/mol. The van der Waals surface area contributed by atoms with Gasteiger partial charge in [-0.05, 0) is 31.6 Å². The number of likely N-dealkylation sites (tertiary alicyclic amines) is 1. The van der Waals surface area contributed by atoms with E-state index in [4.69, 9.17) is 5.11 Å². The molecule has 17 heavy (non-hydrogen) atoms. The largest absolute Gasteiger partial charge is 0.480 e. The smallest absolute Gasteiger partial charge is 0.325 e. The van der Waals surface area contributed by atoms with E-state index in [2.05, 4.69) is 19.2 Å². The van der Waals surface area contributed by atoms with Gasteiger partial charge in [0, 0.05) is 13.1 Å². The summed E-state index contributed by atoms with van der Waals surface area (Å²) in [5.41, 5.74) is 0.271. The third kappa shape index (κ3) is 4.24. The number of carboxylic acid groups (broad SMARTS) is 1. The maximum atomic E-state index is 11.8. The summed E-state index contributed by atoms with van der Waals surface area (Å²) in [7, 11) is 0.